The van der Waals surface area contributed by atoms with E-state index in [0.29, 0.717) is 10.9 Å². The van der Waals surface area contributed by atoms with Gasteiger partial charge in [0.25, 0.3) is 0 Å². The standard InChI is InChI=1S/C23H27ClN4O4S/c1-23(2,3)17-8-6-16(7-9-17)22-26-25-20(32-22)14-27(4)21(29)15-28(5)33(30,31)19-12-10-18(24)11-13-19/h6-13H,14-15H2,1-5H3. The van der Waals surface area contributed by atoms with E-state index in [4.69, 9.17) is 16.0 Å². The van der Waals surface area contributed by atoms with Crippen LogP contribution in [0, 0.1) is 0 Å². The topological polar surface area (TPSA) is 96.6 Å². The summed E-state index contributed by atoms with van der Waals surface area (Å²) in [7, 11) is -0.930. The van der Waals surface area contributed by atoms with Crippen molar-refractivity contribution in [3.8, 4) is 11.5 Å². The summed E-state index contributed by atoms with van der Waals surface area (Å²) in [5.41, 5.74) is 2.01. The molecule has 3 aromatic rings. The Morgan fingerprint density at radius 3 is 2.18 bits per heavy atom. The van der Waals surface area contributed by atoms with Crippen LogP contribution in [0.25, 0.3) is 11.5 Å². The zero-order valence-electron chi connectivity index (χ0n) is 19.2. The molecule has 0 aliphatic rings. The van der Waals surface area contributed by atoms with Crippen LogP contribution in [-0.4, -0.2) is 54.4 Å². The first-order chi connectivity index (χ1) is 15.4. The summed E-state index contributed by atoms with van der Waals surface area (Å²) in [6.07, 6.45) is 0. The number of hydrogen-bond donors (Lipinski definition) is 0. The second-order valence-electron chi connectivity index (χ2n) is 8.79. The molecule has 8 nitrogen and oxygen atoms in total. The molecule has 2 aromatic carbocycles. The van der Waals surface area contributed by atoms with Crippen LogP contribution in [0.5, 0.6) is 0 Å². The molecule has 0 aliphatic carbocycles. The van der Waals surface area contributed by atoms with Gasteiger partial charge in [0.05, 0.1) is 18.0 Å². The molecule has 0 N–H and O–H groups in total. The van der Waals surface area contributed by atoms with E-state index in [1.165, 1.54) is 41.8 Å². The summed E-state index contributed by atoms with van der Waals surface area (Å²) in [5, 5.41) is 8.51. The number of aromatic nitrogens is 2. The van der Waals surface area contributed by atoms with E-state index in [9.17, 15) is 13.2 Å². The Morgan fingerprint density at radius 2 is 1.61 bits per heavy atom. The maximum atomic E-state index is 12.7. The lowest BCUT2D eigenvalue weighted by Crippen LogP contribution is -2.39. The number of nitrogens with zero attached hydrogens (tertiary/aromatic N) is 4. The van der Waals surface area contributed by atoms with Crippen molar-refractivity contribution in [3.05, 3.63) is 65.0 Å². The molecule has 0 saturated heterocycles. The molecule has 0 atom stereocenters. The van der Waals surface area contributed by atoms with Gasteiger partial charge in [-0.15, -0.1) is 10.2 Å². The van der Waals surface area contributed by atoms with Crippen molar-refractivity contribution in [2.24, 2.45) is 0 Å². The minimum absolute atomic E-state index is 0.0375. The molecule has 0 aliphatic heterocycles. The maximum Gasteiger partial charge on any atom is 0.247 e. The van der Waals surface area contributed by atoms with Crippen molar-refractivity contribution < 1.29 is 17.6 Å². The van der Waals surface area contributed by atoms with Gasteiger partial charge in [-0.2, -0.15) is 4.31 Å². The van der Waals surface area contributed by atoms with Crippen LogP contribution in [0.2, 0.25) is 5.02 Å². The van der Waals surface area contributed by atoms with Gasteiger partial charge in [0.2, 0.25) is 27.7 Å². The number of rotatable bonds is 7. The van der Waals surface area contributed by atoms with Gasteiger partial charge >= 0.3 is 0 Å². The monoisotopic (exact) mass is 490 g/mol. The first-order valence-corrected chi connectivity index (χ1v) is 12.1. The van der Waals surface area contributed by atoms with Crippen LogP contribution in [0.4, 0.5) is 0 Å². The Labute approximate surface area is 199 Å². The quantitative estimate of drug-likeness (QED) is 0.497. The van der Waals surface area contributed by atoms with E-state index in [0.717, 1.165) is 9.87 Å². The van der Waals surface area contributed by atoms with E-state index in [1.807, 2.05) is 24.3 Å². The third-order valence-electron chi connectivity index (χ3n) is 5.14. The van der Waals surface area contributed by atoms with Crippen LogP contribution in [-0.2, 0) is 26.8 Å². The van der Waals surface area contributed by atoms with E-state index in [-0.39, 0.29) is 29.3 Å². The van der Waals surface area contributed by atoms with E-state index >= 15 is 0 Å². The Balaban J connectivity index is 1.63. The van der Waals surface area contributed by atoms with Crippen LogP contribution in [0.1, 0.15) is 32.2 Å². The van der Waals surface area contributed by atoms with Gasteiger partial charge in [-0.3, -0.25) is 4.79 Å². The molecular weight excluding hydrogens is 464 g/mol. The summed E-state index contributed by atoms with van der Waals surface area (Å²) in [5.74, 6) is 0.196. The molecule has 0 fully saturated rings. The number of carbonyl (C=O) groups excluding carboxylic acids is 1. The van der Waals surface area contributed by atoms with Gasteiger partial charge in [-0.1, -0.05) is 44.5 Å². The first-order valence-electron chi connectivity index (χ1n) is 10.3. The SMILES string of the molecule is CN(Cc1nnc(-c2ccc(C(C)(C)C)cc2)o1)C(=O)CN(C)S(=O)(=O)c1ccc(Cl)cc1. The zero-order valence-corrected chi connectivity index (χ0v) is 20.8. The minimum atomic E-state index is -3.83. The molecule has 0 saturated carbocycles. The third kappa shape index (κ3) is 5.98. The normalized spacial score (nSPS) is 12.2. The maximum absolute atomic E-state index is 12.7. The lowest BCUT2D eigenvalue weighted by molar-refractivity contribution is -0.130. The number of sulfonamides is 1. The number of likely N-dealkylation sites (N-methyl/N-ethyl adjacent to an activating group) is 2. The Morgan fingerprint density at radius 1 is 1.00 bits per heavy atom. The van der Waals surface area contributed by atoms with Gasteiger partial charge < -0.3 is 9.32 Å². The summed E-state index contributed by atoms with van der Waals surface area (Å²) < 4.78 is 32.1. The highest BCUT2D eigenvalue weighted by Gasteiger charge is 2.25. The largest absolute Gasteiger partial charge is 0.419 e. The Kier molecular flexibility index (Phi) is 7.26. The third-order valence-corrected chi connectivity index (χ3v) is 7.21. The smallest absolute Gasteiger partial charge is 0.247 e. The van der Waals surface area contributed by atoms with Crippen molar-refractivity contribution >= 4 is 27.5 Å². The molecule has 1 aromatic heterocycles. The Bertz CT molecular complexity index is 1220. The van der Waals surface area contributed by atoms with Gasteiger partial charge in [0.15, 0.2) is 0 Å². The molecule has 1 heterocycles. The summed E-state index contributed by atoms with van der Waals surface area (Å²) in [6, 6.07) is 13.6. The van der Waals surface area contributed by atoms with E-state index in [1.54, 1.807) is 7.05 Å². The number of benzene rings is 2. The van der Waals surface area contributed by atoms with E-state index < -0.39 is 15.9 Å². The highest BCUT2D eigenvalue weighted by atomic mass is 35.5. The second-order valence-corrected chi connectivity index (χ2v) is 11.3. The fourth-order valence-corrected chi connectivity index (χ4v) is 4.27. The number of hydrogen-bond acceptors (Lipinski definition) is 6. The molecule has 0 bridgehead atoms. The number of carbonyl (C=O) groups is 1. The van der Waals surface area contributed by atoms with Crippen molar-refractivity contribution in [3.63, 3.8) is 0 Å². The van der Waals surface area contributed by atoms with Gasteiger partial charge in [0, 0.05) is 24.7 Å². The number of halogens is 1. The van der Waals surface area contributed by atoms with Crippen LogP contribution in [0.3, 0.4) is 0 Å². The molecule has 10 heteroatoms. The summed E-state index contributed by atoms with van der Waals surface area (Å²) in [6.45, 7) is 6.13. The first kappa shape index (κ1) is 24.9. The highest BCUT2D eigenvalue weighted by molar-refractivity contribution is 7.89. The molecule has 176 valence electrons. The summed E-state index contributed by atoms with van der Waals surface area (Å²) in [4.78, 5) is 14.0. The number of amides is 1. The van der Waals surface area contributed by atoms with Crippen LogP contribution < -0.4 is 0 Å². The van der Waals surface area contributed by atoms with Crippen LogP contribution >= 0.6 is 11.6 Å². The lowest BCUT2D eigenvalue weighted by Gasteiger charge is -2.21. The van der Waals surface area contributed by atoms with Crippen molar-refractivity contribution in [2.45, 2.75) is 37.6 Å². The van der Waals surface area contributed by atoms with Crippen molar-refractivity contribution in [1.82, 2.24) is 19.4 Å². The average molecular weight is 491 g/mol. The van der Waals surface area contributed by atoms with Crippen LogP contribution in [0.15, 0.2) is 57.8 Å². The molecule has 3 rings (SSSR count). The molecule has 1 amide bonds. The molecular formula is C23H27ClN4O4S. The average Bonchev–Trinajstić information content (AvgIpc) is 3.22. The van der Waals surface area contributed by atoms with Gasteiger partial charge in [-0.05, 0) is 47.4 Å². The predicted molar refractivity (Wildman–Crippen MR) is 126 cm³/mol. The fraction of sp³-hybridized carbons (Fsp3) is 0.348. The molecule has 0 unspecified atom stereocenters. The van der Waals surface area contributed by atoms with Gasteiger partial charge in [0.1, 0.15) is 0 Å². The van der Waals surface area contributed by atoms with Crippen molar-refractivity contribution in [2.75, 3.05) is 20.6 Å². The second kappa shape index (κ2) is 9.62. The predicted octanol–water partition coefficient (Wildman–Crippen LogP) is 3.97. The Hall–Kier alpha value is -2.75. The van der Waals surface area contributed by atoms with Crippen molar-refractivity contribution in [1.29, 1.82) is 0 Å². The van der Waals surface area contributed by atoms with Gasteiger partial charge in [-0.25, -0.2) is 8.42 Å². The molecule has 0 radical (unpaired) electrons. The fourth-order valence-electron chi connectivity index (χ4n) is 3.02. The highest BCUT2D eigenvalue weighted by Crippen LogP contribution is 2.25. The van der Waals surface area contributed by atoms with E-state index in [2.05, 4.69) is 31.0 Å². The molecule has 33 heavy (non-hydrogen) atoms. The lowest BCUT2D eigenvalue weighted by atomic mass is 9.87. The zero-order chi connectivity index (χ0) is 24.4. The summed E-state index contributed by atoms with van der Waals surface area (Å²) >= 11 is 5.82. The molecule has 0 spiro atoms. The minimum Gasteiger partial charge on any atom is -0.419 e.